The number of rotatable bonds is 5. The van der Waals surface area contributed by atoms with Crippen LogP contribution >= 0.6 is 11.6 Å². The van der Waals surface area contributed by atoms with E-state index in [-0.39, 0.29) is 0 Å². The maximum absolute atomic E-state index is 5.98. The molecule has 3 heteroatoms. The lowest BCUT2D eigenvalue weighted by Gasteiger charge is -2.30. The molecule has 2 nitrogen and oxygen atoms in total. The fraction of sp³-hybridized carbons (Fsp3) is 0.462. The van der Waals surface area contributed by atoms with Gasteiger partial charge in [0.2, 0.25) is 0 Å². The molecule has 0 N–H and O–H groups in total. The maximum atomic E-state index is 5.98. The van der Waals surface area contributed by atoms with E-state index in [9.17, 15) is 0 Å². The van der Waals surface area contributed by atoms with E-state index < -0.39 is 5.79 Å². The monoisotopic (exact) mass is 241 g/mol. The van der Waals surface area contributed by atoms with Crippen molar-refractivity contribution >= 4 is 11.6 Å². The van der Waals surface area contributed by atoms with Crippen molar-refractivity contribution in [2.45, 2.75) is 26.6 Å². The van der Waals surface area contributed by atoms with Crippen LogP contribution < -0.4 is 0 Å². The van der Waals surface area contributed by atoms with Gasteiger partial charge in [0.05, 0.1) is 0 Å². The highest BCUT2D eigenvalue weighted by Gasteiger charge is 2.29. The molecule has 1 aromatic rings. The number of hydrogen-bond acceptors (Lipinski definition) is 2. The molecule has 89 valence electrons. The van der Waals surface area contributed by atoms with E-state index in [1.165, 1.54) is 0 Å². The predicted octanol–water partition coefficient (Wildman–Crippen LogP) is 3.71. The van der Waals surface area contributed by atoms with Crippen molar-refractivity contribution in [3.8, 4) is 0 Å². The second-order valence-corrected chi connectivity index (χ2v) is 4.01. The van der Waals surface area contributed by atoms with Crippen LogP contribution in [0.3, 0.4) is 0 Å². The number of ether oxygens (including phenoxy) is 2. The van der Waals surface area contributed by atoms with Crippen molar-refractivity contribution in [3.63, 3.8) is 0 Å². The third kappa shape index (κ3) is 2.97. The van der Waals surface area contributed by atoms with Gasteiger partial charge in [-0.1, -0.05) is 17.7 Å². The second kappa shape index (κ2) is 5.67. The summed E-state index contributed by atoms with van der Waals surface area (Å²) < 4.78 is 11.2. The average Bonchev–Trinajstić information content (AvgIpc) is 2.22. The van der Waals surface area contributed by atoms with E-state index in [0.717, 1.165) is 11.1 Å². The molecule has 16 heavy (non-hydrogen) atoms. The molecule has 0 saturated heterocycles. The summed E-state index contributed by atoms with van der Waals surface area (Å²) in [5.74, 6) is -0.960. The maximum Gasteiger partial charge on any atom is 0.195 e. The first-order chi connectivity index (χ1) is 7.53. The molecule has 0 saturated carbocycles. The Kier molecular flexibility index (Phi) is 4.78. The summed E-state index contributed by atoms with van der Waals surface area (Å²) in [4.78, 5) is 0. The summed E-state index contributed by atoms with van der Waals surface area (Å²) in [5.41, 5.74) is 1.94. The molecule has 0 bridgehead atoms. The third-order valence-electron chi connectivity index (χ3n) is 2.36. The van der Waals surface area contributed by atoms with Crippen molar-refractivity contribution in [1.29, 1.82) is 0 Å². The fourth-order valence-corrected chi connectivity index (χ4v) is 1.84. The van der Waals surface area contributed by atoms with E-state index in [4.69, 9.17) is 21.1 Å². The van der Waals surface area contributed by atoms with Crippen molar-refractivity contribution in [2.24, 2.45) is 0 Å². The number of halogens is 1. The Morgan fingerprint density at radius 2 is 1.81 bits per heavy atom. The zero-order valence-electron chi connectivity index (χ0n) is 10.0. The van der Waals surface area contributed by atoms with Crippen LogP contribution in [-0.2, 0) is 15.3 Å². The highest BCUT2D eigenvalue weighted by atomic mass is 35.5. The van der Waals surface area contributed by atoms with Gasteiger partial charge in [0, 0.05) is 30.7 Å². The number of hydrogen-bond donors (Lipinski definition) is 0. The largest absolute Gasteiger partial charge is 0.346 e. The van der Waals surface area contributed by atoms with Crippen LogP contribution in [0.15, 0.2) is 18.2 Å². The zero-order chi connectivity index (χ0) is 12.2. The van der Waals surface area contributed by atoms with Gasteiger partial charge in [-0.25, -0.2) is 0 Å². The van der Waals surface area contributed by atoms with Gasteiger partial charge < -0.3 is 9.47 Å². The topological polar surface area (TPSA) is 18.5 Å². The van der Waals surface area contributed by atoms with Gasteiger partial charge >= 0.3 is 0 Å². The molecule has 1 aromatic carbocycles. The molecule has 1 rings (SSSR count). The molecular weight excluding hydrogens is 224 g/mol. The summed E-state index contributed by atoms with van der Waals surface area (Å²) in [7, 11) is 0. The van der Waals surface area contributed by atoms with Crippen molar-refractivity contribution in [2.75, 3.05) is 13.2 Å². The van der Waals surface area contributed by atoms with Crippen molar-refractivity contribution in [1.82, 2.24) is 0 Å². The minimum Gasteiger partial charge on any atom is -0.346 e. The molecule has 0 spiro atoms. The van der Waals surface area contributed by atoms with Crippen LogP contribution in [0.5, 0.6) is 0 Å². The molecule has 0 unspecified atom stereocenters. The molecule has 0 aliphatic heterocycles. The Balaban J connectivity index is 3.14. The Labute approximate surface area is 103 Å². The highest BCUT2D eigenvalue weighted by molar-refractivity contribution is 6.30. The normalized spacial score (nSPS) is 11.8. The Bertz CT molecular complexity index is 344. The Morgan fingerprint density at radius 3 is 2.31 bits per heavy atom. The second-order valence-electron chi connectivity index (χ2n) is 3.58. The SMILES string of the molecule is [CH2]C(OCC)(OCC)c1cc(Cl)ccc1C. The zero-order valence-corrected chi connectivity index (χ0v) is 10.8. The summed E-state index contributed by atoms with van der Waals surface area (Å²) in [6, 6.07) is 5.63. The van der Waals surface area contributed by atoms with Crippen LogP contribution in [0.25, 0.3) is 0 Å². The van der Waals surface area contributed by atoms with Crippen molar-refractivity contribution < 1.29 is 9.47 Å². The van der Waals surface area contributed by atoms with Crippen LogP contribution in [-0.4, -0.2) is 13.2 Å². The first kappa shape index (κ1) is 13.5. The van der Waals surface area contributed by atoms with E-state index >= 15 is 0 Å². The highest BCUT2D eigenvalue weighted by Crippen LogP contribution is 2.31. The lowest BCUT2D eigenvalue weighted by molar-refractivity contribution is -0.210. The molecule has 0 atom stereocenters. The van der Waals surface area contributed by atoms with Gasteiger partial charge in [0.1, 0.15) is 0 Å². The van der Waals surface area contributed by atoms with Crippen LogP contribution in [0, 0.1) is 13.8 Å². The molecule has 0 aromatic heterocycles. The fourth-order valence-electron chi connectivity index (χ4n) is 1.67. The standard InChI is InChI=1S/C13H18ClO2/c1-5-15-13(4,16-6-2)12-9-11(14)8-7-10(12)3/h7-9H,4-6H2,1-3H3. The van der Waals surface area contributed by atoms with Crippen LogP contribution in [0.1, 0.15) is 25.0 Å². The number of benzene rings is 1. The Hall–Kier alpha value is -0.570. The van der Waals surface area contributed by atoms with Crippen LogP contribution in [0.4, 0.5) is 0 Å². The molecular formula is C13H18ClO2. The average molecular weight is 242 g/mol. The summed E-state index contributed by atoms with van der Waals surface area (Å²) in [6.45, 7) is 10.9. The van der Waals surface area contributed by atoms with Crippen LogP contribution in [0.2, 0.25) is 5.02 Å². The van der Waals surface area contributed by atoms with E-state index in [1.54, 1.807) is 0 Å². The van der Waals surface area contributed by atoms with Gasteiger partial charge in [-0.2, -0.15) is 0 Å². The Morgan fingerprint density at radius 1 is 1.25 bits per heavy atom. The molecule has 0 amide bonds. The van der Waals surface area contributed by atoms with Crippen molar-refractivity contribution in [3.05, 3.63) is 41.3 Å². The molecule has 0 aliphatic rings. The third-order valence-corrected chi connectivity index (χ3v) is 2.60. The lowest BCUT2D eigenvalue weighted by atomic mass is 10.0. The molecule has 0 fully saturated rings. The van der Waals surface area contributed by atoms with Gasteiger partial charge in [0.25, 0.3) is 0 Å². The van der Waals surface area contributed by atoms with E-state index in [2.05, 4.69) is 6.92 Å². The first-order valence-electron chi connectivity index (χ1n) is 5.43. The minimum atomic E-state index is -0.960. The predicted molar refractivity (Wildman–Crippen MR) is 66.5 cm³/mol. The molecule has 0 aliphatic carbocycles. The van der Waals surface area contributed by atoms with Gasteiger partial charge in [-0.3, -0.25) is 0 Å². The van der Waals surface area contributed by atoms with E-state index in [1.807, 2.05) is 39.0 Å². The van der Waals surface area contributed by atoms with E-state index in [0.29, 0.717) is 18.2 Å². The van der Waals surface area contributed by atoms with Gasteiger partial charge in [0.15, 0.2) is 5.79 Å². The van der Waals surface area contributed by atoms with Gasteiger partial charge in [-0.15, -0.1) is 0 Å². The quantitative estimate of drug-likeness (QED) is 0.732. The summed E-state index contributed by atoms with van der Waals surface area (Å²) >= 11 is 5.98. The molecule has 1 radical (unpaired) electrons. The smallest absolute Gasteiger partial charge is 0.195 e. The molecule has 0 heterocycles. The minimum absolute atomic E-state index is 0.537. The lowest BCUT2D eigenvalue weighted by Crippen LogP contribution is -2.31. The van der Waals surface area contributed by atoms with Gasteiger partial charge in [-0.05, 0) is 38.5 Å². The number of aryl methyl sites for hydroxylation is 1. The summed E-state index contributed by atoms with van der Waals surface area (Å²) in [6.07, 6.45) is 0. The summed E-state index contributed by atoms with van der Waals surface area (Å²) in [5, 5.41) is 0.660. The first-order valence-corrected chi connectivity index (χ1v) is 5.81.